The third-order valence-electron chi connectivity index (χ3n) is 5.48. The van der Waals surface area contributed by atoms with Gasteiger partial charge in [-0.15, -0.1) is 11.3 Å². The molecule has 0 radical (unpaired) electrons. The summed E-state index contributed by atoms with van der Waals surface area (Å²) in [6, 6.07) is 26.4. The van der Waals surface area contributed by atoms with E-state index in [-0.39, 0.29) is 10.9 Å². The van der Waals surface area contributed by atoms with Gasteiger partial charge >= 0.3 is 0 Å². The molecule has 0 aliphatic rings. The largest absolute Gasteiger partial charge is 0.456 e. The van der Waals surface area contributed by atoms with Crippen LogP contribution in [0.3, 0.4) is 0 Å². The summed E-state index contributed by atoms with van der Waals surface area (Å²) in [6.45, 7) is 0. The van der Waals surface area contributed by atoms with E-state index in [9.17, 15) is 9.59 Å². The third-order valence-corrected chi connectivity index (χ3v) is 6.64. The molecule has 6 aromatic rings. The maximum absolute atomic E-state index is 13.0. The Hall–Kier alpha value is -3.76. The van der Waals surface area contributed by atoms with E-state index in [2.05, 4.69) is 0 Å². The summed E-state index contributed by atoms with van der Waals surface area (Å²) in [5.41, 5.74) is 2.90. The van der Waals surface area contributed by atoms with Crippen LogP contribution < -0.4 is 10.9 Å². The molecule has 2 heterocycles. The molecule has 0 atom stereocenters. The molecule has 0 N–H and O–H groups in total. The van der Waals surface area contributed by atoms with Crippen LogP contribution in [-0.4, -0.2) is 0 Å². The molecule has 0 aliphatic carbocycles. The molecular formula is C26H14O3S. The summed E-state index contributed by atoms with van der Waals surface area (Å²) < 4.78 is 7.84. The molecule has 0 unspecified atom stereocenters. The minimum absolute atomic E-state index is 0.0347. The number of fused-ring (bicyclic) bond motifs is 4. The highest BCUT2D eigenvalue weighted by atomic mass is 32.1. The third kappa shape index (κ3) is 2.51. The average molecular weight is 406 g/mol. The van der Waals surface area contributed by atoms with Crippen molar-refractivity contribution in [3.8, 4) is 11.1 Å². The van der Waals surface area contributed by atoms with Crippen LogP contribution in [0.4, 0.5) is 0 Å². The van der Waals surface area contributed by atoms with Gasteiger partial charge in [0, 0.05) is 20.2 Å². The Morgan fingerprint density at radius 2 is 1.13 bits per heavy atom. The summed E-state index contributed by atoms with van der Waals surface area (Å²) in [7, 11) is 0. The number of benzene rings is 4. The van der Waals surface area contributed by atoms with E-state index in [1.165, 1.54) is 0 Å². The van der Waals surface area contributed by atoms with Crippen molar-refractivity contribution in [2.45, 2.75) is 0 Å². The molecule has 0 saturated carbocycles. The zero-order valence-electron chi connectivity index (χ0n) is 15.7. The molecule has 4 aromatic carbocycles. The van der Waals surface area contributed by atoms with Crippen LogP contribution in [0.5, 0.6) is 0 Å². The fourth-order valence-corrected chi connectivity index (χ4v) is 5.02. The number of rotatable bonds is 1. The molecule has 3 nitrogen and oxygen atoms in total. The lowest BCUT2D eigenvalue weighted by molar-refractivity contribution is 0.660. The standard InChI is InChI=1S/C26H14O3S/c27-25-17-5-1-3-7-21(17)29-22-11-9-15(13-19(22)25)16-10-12-24-20(14-16)26(28)18-6-2-4-8-23(18)30-24/h1-14H. The maximum Gasteiger partial charge on any atom is 0.200 e. The monoisotopic (exact) mass is 406 g/mol. The highest BCUT2D eigenvalue weighted by molar-refractivity contribution is 7.24. The topological polar surface area (TPSA) is 47.3 Å². The fraction of sp³-hybridized carbons (Fsp3) is 0. The van der Waals surface area contributed by atoms with Crippen molar-refractivity contribution in [1.29, 1.82) is 0 Å². The zero-order chi connectivity index (χ0) is 20.2. The van der Waals surface area contributed by atoms with Crippen LogP contribution in [0.1, 0.15) is 0 Å². The Balaban J connectivity index is 1.61. The Morgan fingerprint density at radius 3 is 2.00 bits per heavy atom. The molecule has 0 aliphatic heterocycles. The van der Waals surface area contributed by atoms with Crippen molar-refractivity contribution in [3.63, 3.8) is 0 Å². The molecule has 142 valence electrons. The maximum atomic E-state index is 13.0. The molecule has 4 heteroatoms. The molecule has 0 amide bonds. The minimum atomic E-state index is -0.0489. The fourth-order valence-electron chi connectivity index (χ4n) is 3.97. The van der Waals surface area contributed by atoms with Crippen molar-refractivity contribution in [1.82, 2.24) is 0 Å². The van der Waals surface area contributed by atoms with Crippen molar-refractivity contribution in [3.05, 3.63) is 105 Å². The molecule has 0 saturated heterocycles. The predicted molar refractivity (Wildman–Crippen MR) is 125 cm³/mol. The SMILES string of the molecule is O=c1c2ccccc2oc2ccc(-c3ccc4sc5ccccc5c(=O)c4c3)cc12. The van der Waals surface area contributed by atoms with Crippen molar-refractivity contribution < 1.29 is 4.42 Å². The average Bonchev–Trinajstić information content (AvgIpc) is 2.79. The second-order valence-electron chi connectivity index (χ2n) is 7.28. The smallest absolute Gasteiger partial charge is 0.200 e. The number of hydrogen-bond acceptors (Lipinski definition) is 4. The van der Waals surface area contributed by atoms with E-state index in [1.807, 2.05) is 72.8 Å². The van der Waals surface area contributed by atoms with Gasteiger partial charge in [-0.05, 0) is 59.7 Å². The first-order valence-electron chi connectivity index (χ1n) is 9.61. The summed E-state index contributed by atoms with van der Waals surface area (Å²) in [4.78, 5) is 26.0. The van der Waals surface area contributed by atoms with Crippen molar-refractivity contribution in [2.24, 2.45) is 0 Å². The van der Waals surface area contributed by atoms with Crippen LogP contribution in [-0.2, 0) is 0 Å². The lowest BCUT2D eigenvalue weighted by Gasteiger charge is -2.07. The van der Waals surface area contributed by atoms with E-state index < -0.39 is 0 Å². The van der Waals surface area contributed by atoms with E-state index in [0.717, 1.165) is 25.9 Å². The van der Waals surface area contributed by atoms with E-state index >= 15 is 0 Å². The number of hydrogen-bond donors (Lipinski definition) is 0. The molecule has 2 aromatic heterocycles. The van der Waals surface area contributed by atoms with E-state index in [0.29, 0.717) is 27.3 Å². The second kappa shape index (κ2) is 6.37. The number of para-hydroxylation sites is 1. The highest BCUT2D eigenvalue weighted by Crippen LogP contribution is 2.30. The second-order valence-corrected chi connectivity index (χ2v) is 8.36. The van der Waals surface area contributed by atoms with Crippen molar-refractivity contribution in [2.75, 3.05) is 0 Å². The van der Waals surface area contributed by atoms with Gasteiger partial charge in [0.25, 0.3) is 0 Å². The quantitative estimate of drug-likeness (QED) is 0.299. The van der Waals surface area contributed by atoms with Gasteiger partial charge in [0.15, 0.2) is 5.43 Å². The van der Waals surface area contributed by atoms with Crippen LogP contribution in [0.15, 0.2) is 98.9 Å². The summed E-state index contributed by atoms with van der Waals surface area (Å²) in [6.07, 6.45) is 0. The van der Waals surface area contributed by atoms with Crippen LogP contribution in [0.2, 0.25) is 0 Å². The van der Waals surface area contributed by atoms with Gasteiger partial charge in [0.1, 0.15) is 11.2 Å². The Morgan fingerprint density at radius 1 is 0.533 bits per heavy atom. The highest BCUT2D eigenvalue weighted by Gasteiger charge is 2.11. The van der Waals surface area contributed by atoms with Gasteiger partial charge in [-0.1, -0.05) is 36.4 Å². The first-order valence-corrected chi connectivity index (χ1v) is 10.4. The van der Waals surface area contributed by atoms with Crippen LogP contribution in [0.25, 0.3) is 53.2 Å². The van der Waals surface area contributed by atoms with Gasteiger partial charge in [-0.2, -0.15) is 0 Å². The molecule has 0 bridgehead atoms. The van der Waals surface area contributed by atoms with Gasteiger partial charge in [0.05, 0.1) is 10.8 Å². The Kier molecular flexibility index (Phi) is 3.64. The summed E-state index contributed by atoms with van der Waals surface area (Å²) >= 11 is 1.61. The van der Waals surface area contributed by atoms with Crippen LogP contribution in [0, 0.1) is 0 Å². The van der Waals surface area contributed by atoms with Gasteiger partial charge in [-0.25, -0.2) is 0 Å². The van der Waals surface area contributed by atoms with Gasteiger partial charge in [0.2, 0.25) is 5.43 Å². The molecule has 0 spiro atoms. The minimum Gasteiger partial charge on any atom is -0.456 e. The van der Waals surface area contributed by atoms with Crippen LogP contribution >= 0.6 is 11.3 Å². The molecular weight excluding hydrogens is 392 g/mol. The molecule has 6 rings (SSSR count). The van der Waals surface area contributed by atoms with E-state index in [4.69, 9.17) is 4.42 Å². The first kappa shape index (κ1) is 17.1. The summed E-state index contributed by atoms with van der Waals surface area (Å²) in [5.74, 6) is 0. The zero-order valence-corrected chi connectivity index (χ0v) is 16.5. The van der Waals surface area contributed by atoms with Gasteiger partial charge < -0.3 is 4.42 Å². The lowest BCUT2D eigenvalue weighted by atomic mass is 10.0. The normalized spacial score (nSPS) is 11.6. The van der Waals surface area contributed by atoms with Gasteiger partial charge in [-0.3, -0.25) is 9.59 Å². The Bertz CT molecular complexity index is 1610. The first-order chi connectivity index (χ1) is 14.7. The molecule has 0 fully saturated rings. The predicted octanol–water partition coefficient (Wildman–Crippen LogP) is 6.34. The molecule has 30 heavy (non-hydrogen) atoms. The summed E-state index contributed by atoms with van der Waals surface area (Å²) in [5, 5.41) is 2.53. The van der Waals surface area contributed by atoms with E-state index in [1.54, 1.807) is 23.5 Å². The lowest BCUT2D eigenvalue weighted by Crippen LogP contribution is -2.02. The Labute approximate surface area is 174 Å². The van der Waals surface area contributed by atoms with Crippen molar-refractivity contribution >= 4 is 53.4 Å².